The van der Waals surface area contributed by atoms with Crippen molar-refractivity contribution in [3.05, 3.63) is 29.3 Å². The maximum Gasteiger partial charge on any atom is 0.407 e. The van der Waals surface area contributed by atoms with Gasteiger partial charge in [0, 0.05) is 23.8 Å². The Labute approximate surface area is 122 Å². The summed E-state index contributed by atoms with van der Waals surface area (Å²) in [6.45, 7) is 2.47. The van der Waals surface area contributed by atoms with Gasteiger partial charge in [0.05, 0.1) is 25.9 Å². The van der Waals surface area contributed by atoms with E-state index in [1.165, 1.54) is 4.90 Å². The SMILES string of the molecule is O=C(O)N1CCOC(CNCNc2ccc(Cl)cc2)C1. The largest absolute Gasteiger partial charge is 0.465 e. The lowest BCUT2D eigenvalue weighted by Gasteiger charge is -2.31. The Morgan fingerprint density at radius 3 is 2.90 bits per heavy atom. The summed E-state index contributed by atoms with van der Waals surface area (Å²) in [7, 11) is 0. The second-order valence-corrected chi connectivity index (χ2v) is 4.97. The zero-order valence-corrected chi connectivity index (χ0v) is 11.8. The molecule has 0 radical (unpaired) electrons. The zero-order chi connectivity index (χ0) is 14.4. The molecule has 6 nitrogen and oxygen atoms in total. The maximum absolute atomic E-state index is 10.9. The fraction of sp³-hybridized carbons (Fsp3) is 0.462. The molecule has 1 heterocycles. The first-order valence-corrected chi connectivity index (χ1v) is 6.82. The van der Waals surface area contributed by atoms with Crippen molar-refractivity contribution in [2.75, 3.05) is 38.2 Å². The summed E-state index contributed by atoms with van der Waals surface area (Å²) < 4.78 is 5.51. The Hall–Kier alpha value is -1.50. The lowest BCUT2D eigenvalue weighted by atomic mass is 10.3. The summed E-state index contributed by atoms with van der Waals surface area (Å²) >= 11 is 5.80. The molecular formula is C13H18ClN3O3. The van der Waals surface area contributed by atoms with Gasteiger partial charge < -0.3 is 20.1 Å². The Morgan fingerprint density at radius 2 is 2.20 bits per heavy atom. The highest BCUT2D eigenvalue weighted by molar-refractivity contribution is 6.30. The number of hydrogen-bond acceptors (Lipinski definition) is 4. The first kappa shape index (κ1) is 14.9. The van der Waals surface area contributed by atoms with E-state index in [0.717, 1.165) is 5.69 Å². The number of nitrogens with one attached hydrogen (secondary N) is 2. The molecule has 0 spiro atoms. The second kappa shape index (κ2) is 7.33. The first-order chi connectivity index (χ1) is 9.65. The number of anilines is 1. The van der Waals surface area contributed by atoms with E-state index < -0.39 is 6.09 Å². The van der Waals surface area contributed by atoms with Gasteiger partial charge in [0.25, 0.3) is 0 Å². The van der Waals surface area contributed by atoms with Gasteiger partial charge in [-0.1, -0.05) is 11.6 Å². The number of morpholine rings is 1. The molecule has 0 aromatic heterocycles. The summed E-state index contributed by atoms with van der Waals surface area (Å²) in [5.74, 6) is 0. The molecule has 1 saturated heterocycles. The van der Waals surface area contributed by atoms with Gasteiger partial charge in [-0.15, -0.1) is 0 Å². The quantitative estimate of drug-likeness (QED) is 0.570. The van der Waals surface area contributed by atoms with E-state index in [0.29, 0.717) is 37.9 Å². The summed E-state index contributed by atoms with van der Waals surface area (Å²) in [4.78, 5) is 12.2. The van der Waals surface area contributed by atoms with Crippen LogP contribution in [0.4, 0.5) is 10.5 Å². The first-order valence-electron chi connectivity index (χ1n) is 6.45. The van der Waals surface area contributed by atoms with Crippen molar-refractivity contribution >= 4 is 23.4 Å². The molecule has 1 aromatic rings. The summed E-state index contributed by atoms with van der Waals surface area (Å²) in [5.41, 5.74) is 0.971. The normalized spacial score (nSPS) is 18.9. The van der Waals surface area contributed by atoms with Crippen LogP contribution < -0.4 is 10.6 Å². The fourth-order valence-electron chi connectivity index (χ4n) is 1.98. The van der Waals surface area contributed by atoms with Crippen LogP contribution in [0.1, 0.15) is 0 Å². The predicted molar refractivity (Wildman–Crippen MR) is 77.3 cm³/mol. The minimum Gasteiger partial charge on any atom is -0.465 e. The molecule has 1 aromatic carbocycles. The smallest absolute Gasteiger partial charge is 0.407 e. The Balaban J connectivity index is 1.65. The van der Waals surface area contributed by atoms with E-state index in [4.69, 9.17) is 21.4 Å². The zero-order valence-electron chi connectivity index (χ0n) is 11.0. The molecule has 2 rings (SSSR count). The predicted octanol–water partition coefficient (Wildman–Crippen LogP) is 1.68. The standard InChI is InChI=1S/C13H18ClN3O3/c14-10-1-3-11(4-2-10)16-9-15-7-12-8-17(13(18)19)5-6-20-12/h1-4,12,15-16H,5-9H2,(H,18,19). The van der Waals surface area contributed by atoms with Crippen molar-refractivity contribution < 1.29 is 14.6 Å². The highest BCUT2D eigenvalue weighted by Gasteiger charge is 2.23. The number of benzene rings is 1. The number of carboxylic acid groups (broad SMARTS) is 1. The average Bonchev–Trinajstić information content (AvgIpc) is 2.46. The molecule has 110 valence electrons. The van der Waals surface area contributed by atoms with E-state index in [1.807, 2.05) is 24.3 Å². The van der Waals surface area contributed by atoms with Crippen LogP contribution >= 0.6 is 11.6 Å². The third-order valence-electron chi connectivity index (χ3n) is 3.04. The number of carbonyl (C=O) groups is 1. The van der Waals surface area contributed by atoms with E-state index in [-0.39, 0.29) is 6.10 Å². The van der Waals surface area contributed by atoms with Crippen molar-refractivity contribution in [3.8, 4) is 0 Å². The lowest BCUT2D eigenvalue weighted by molar-refractivity contribution is -0.0202. The van der Waals surface area contributed by atoms with E-state index in [1.54, 1.807) is 0 Å². The van der Waals surface area contributed by atoms with E-state index >= 15 is 0 Å². The van der Waals surface area contributed by atoms with Gasteiger partial charge in [0.2, 0.25) is 0 Å². The summed E-state index contributed by atoms with van der Waals surface area (Å²) in [6.07, 6.45) is -0.996. The van der Waals surface area contributed by atoms with Crippen LogP contribution in [-0.4, -0.2) is 55.1 Å². The minimum atomic E-state index is -0.891. The van der Waals surface area contributed by atoms with Crippen molar-refractivity contribution in [2.45, 2.75) is 6.10 Å². The number of amides is 1. The molecule has 1 unspecified atom stereocenters. The molecular weight excluding hydrogens is 282 g/mol. The number of rotatable bonds is 5. The monoisotopic (exact) mass is 299 g/mol. The van der Waals surface area contributed by atoms with Gasteiger partial charge in [-0.05, 0) is 24.3 Å². The number of halogens is 1. The molecule has 0 aliphatic carbocycles. The fourth-order valence-corrected chi connectivity index (χ4v) is 2.11. The van der Waals surface area contributed by atoms with Crippen LogP contribution in [0.2, 0.25) is 5.02 Å². The molecule has 20 heavy (non-hydrogen) atoms. The molecule has 3 N–H and O–H groups in total. The van der Waals surface area contributed by atoms with Crippen molar-refractivity contribution in [1.82, 2.24) is 10.2 Å². The molecule has 1 aliphatic heterocycles. The van der Waals surface area contributed by atoms with Crippen LogP contribution in [0.5, 0.6) is 0 Å². The third kappa shape index (κ3) is 4.56. The molecule has 0 saturated carbocycles. The van der Waals surface area contributed by atoms with Gasteiger partial charge in [0.15, 0.2) is 0 Å². The van der Waals surface area contributed by atoms with Gasteiger partial charge >= 0.3 is 6.09 Å². The van der Waals surface area contributed by atoms with Crippen LogP contribution in [-0.2, 0) is 4.74 Å². The molecule has 1 atom stereocenters. The average molecular weight is 300 g/mol. The van der Waals surface area contributed by atoms with Gasteiger partial charge in [-0.25, -0.2) is 4.79 Å². The van der Waals surface area contributed by atoms with Crippen molar-refractivity contribution in [3.63, 3.8) is 0 Å². The van der Waals surface area contributed by atoms with Crippen LogP contribution in [0.15, 0.2) is 24.3 Å². The summed E-state index contributed by atoms with van der Waals surface area (Å²) in [6, 6.07) is 7.43. The van der Waals surface area contributed by atoms with Crippen LogP contribution in [0, 0.1) is 0 Å². The minimum absolute atomic E-state index is 0.105. The Kier molecular flexibility index (Phi) is 5.46. The van der Waals surface area contributed by atoms with Crippen molar-refractivity contribution in [2.24, 2.45) is 0 Å². The van der Waals surface area contributed by atoms with Crippen LogP contribution in [0.25, 0.3) is 0 Å². The number of hydrogen-bond donors (Lipinski definition) is 3. The highest BCUT2D eigenvalue weighted by atomic mass is 35.5. The molecule has 7 heteroatoms. The van der Waals surface area contributed by atoms with E-state index in [9.17, 15) is 4.79 Å². The molecule has 1 fully saturated rings. The van der Waals surface area contributed by atoms with E-state index in [2.05, 4.69) is 10.6 Å². The lowest BCUT2D eigenvalue weighted by Crippen LogP contribution is -2.48. The van der Waals surface area contributed by atoms with Gasteiger partial charge in [-0.3, -0.25) is 5.32 Å². The molecule has 1 amide bonds. The Bertz CT molecular complexity index is 441. The number of ether oxygens (including phenoxy) is 1. The summed E-state index contributed by atoms with van der Waals surface area (Å²) in [5, 5.41) is 16.0. The second-order valence-electron chi connectivity index (χ2n) is 4.54. The maximum atomic E-state index is 10.9. The van der Waals surface area contributed by atoms with Gasteiger partial charge in [0.1, 0.15) is 0 Å². The topological polar surface area (TPSA) is 73.8 Å². The van der Waals surface area contributed by atoms with Crippen molar-refractivity contribution in [1.29, 1.82) is 0 Å². The van der Waals surface area contributed by atoms with Gasteiger partial charge in [-0.2, -0.15) is 0 Å². The van der Waals surface area contributed by atoms with Crippen LogP contribution in [0.3, 0.4) is 0 Å². The molecule has 0 bridgehead atoms. The molecule has 1 aliphatic rings. The number of nitrogens with zero attached hydrogens (tertiary/aromatic N) is 1. The Morgan fingerprint density at radius 1 is 1.45 bits per heavy atom. The highest BCUT2D eigenvalue weighted by Crippen LogP contribution is 2.12. The third-order valence-corrected chi connectivity index (χ3v) is 3.30.